The van der Waals surface area contributed by atoms with Crippen molar-refractivity contribution in [3.63, 3.8) is 0 Å². The minimum absolute atomic E-state index is 0.239. The van der Waals surface area contributed by atoms with E-state index in [4.69, 9.17) is 11.6 Å². The summed E-state index contributed by atoms with van der Waals surface area (Å²) in [6, 6.07) is 5.23. The highest BCUT2D eigenvalue weighted by Gasteiger charge is 2.26. The van der Waals surface area contributed by atoms with Crippen LogP contribution in [-0.4, -0.2) is 38.9 Å². The lowest BCUT2D eigenvalue weighted by Gasteiger charge is -2.28. The average Bonchev–Trinajstić information content (AvgIpc) is 2.42. The molecule has 6 heteroatoms. The van der Waals surface area contributed by atoms with Gasteiger partial charge in [-0.1, -0.05) is 24.1 Å². The molecule has 20 heavy (non-hydrogen) atoms. The fourth-order valence-corrected chi connectivity index (χ4v) is 4.21. The van der Waals surface area contributed by atoms with E-state index in [0.717, 1.165) is 19.4 Å². The third-order valence-corrected chi connectivity index (χ3v) is 6.17. The smallest absolute Gasteiger partial charge is 0.243 e. The molecule has 1 saturated heterocycles. The first-order valence-corrected chi connectivity index (χ1v) is 8.69. The molecule has 2 rings (SSSR count). The van der Waals surface area contributed by atoms with Crippen LogP contribution in [0, 0.1) is 6.92 Å². The molecule has 1 atom stereocenters. The van der Waals surface area contributed by atoms with Crippen LogP contribution < -0.4 is 5.32 Å². The maximum absolute atomic E-state index is 12.6. The van der Waals surface area contributed by atoms with E-state index in [0.29, 0.717) is 22.0 Å². The molecule has 1 unspecified atom stereocenters. The molecular weight excluding hydrogens is 296 g/mol. The Morgan fingerprint density at radius 3 is 2.80 bits per heavy atom. The molecule has 1 aliphatic heterocycles. The Kier molecular flexibility index (Phi) is 5.07. The van der Waals surface area contributed by atoms with Gasteiger partial charge in [-0.25, -0.2) is 8.42 Å². The molecule has 0 aromatic heterocycles. The summed E-state index contributed by atoms with van der Waals surface area (Å²) < 4.78 is 26.7. The maximum atomic E-state index is 12.6. The number of piperidine rings is 1. The predicted molar refractivity (Wildman–Crippen MR) is 81.6 cm³/mol. The first kappa shape index (κ1) is 15.8. The predicted octanol–water partition coefficient (Wildman–Crippen LogP) is 2.41. The van der Waals surface area contributed by atoms with Gasteiger partial charge >= 0.3 is 0 Å². The summed E-state index contributed by atoms with van der Waals surface area (Å²) in [5.41, 5.74) is 0.609. The monoisotopic (exact) mass is 316 g/mol. The molecule has 1 heterocycles. The van der Waals surface area contributed by atoms with Gasteiger partial charge in [-0.3, -0.25) is 0 Å². The Bertz CT molecular complexity index is 569. The summed E-state index contributed by atoms with van der Waals surface area (Å²) >= 11 is 6.02. The molecule has 1 aromatic rings. The van der Waals surface area contributed by atoms with Crippen LogP contribution in [0.15, 0.2) is 23.1 Å². The number of nitrogens with zero attached hydrogens (tertiary/aromatic N) is 1. The largest absolute Gasteiger partial charge is 0.313 e. The van der Waals surface area contributed by atoms with Gasteiger partial charge in [-0.05, 0) is 44.0 Å². The van der Waals surface area contributed by atoms with Gasteiger partial charge in [0.2, 0.25) is 10.0 Å². The van der Waals surface area contributed by atoms with Crippen molar-refractivity contribution >= 4 is 21.6 Å². The Hall–Kier alpha value is -0.620. The topological polar surface area (TPSA) is 49.4 Å². The number of hydrogen-bond donors (Lipinski definition) is 1. The van der Waals surface area contributed by atoms with Crippen molar-refractivity contribution in [2.45, 2.75) is 37.1 Å². The van der Waals surface area contributed by atoms with E-state index in [1.807, 2.05) is 0 Å². The molecule has 0 aliphatic carbocycles. The molecule has 1 N–H and O–H groups in total. The summed E-state index contributed by atoms with van der Waals surface area (Å²) in [7, 11) is -1.85. The SMILES string of the molecule is Cc1c(Cl)cccc1S(=O)(=O)N(C)CC1CCCCN1. The van der Waals surface area contributed by atoms with Crippen LogP contribution in [-0.2, 0) is 10.0 Å². The van der Waals surface area contributed by atoms with Crippen molar-refractivity contribution in [1.82, 2.24) is 9.62 Å². The average molecular weight is 317 g/mol. The molecule has 4 nitrogen and oxygen atoms in total. The number of nitrogens with one attached hydrogen (secondary N) is 1. The Morgan fingerprint density at radius 1 is 1.40 bits per heavy atom. The molecule has 0 saturated carbocycles. The zero-order valence-electron chi connectivity index (χ0n) is 11.9. The van der Waals surface area contributed by atoms with Gasteiger partial charge in [-0.15, -0.1) is 0 Å². The number of rotatable bonds is 4. The molecular formula is C14H21ClN2O2S. The van der Waals surface area contributed by atoms with E-state index in [1.165, 1.54) is 10.7 Å². The zero-order valence-corrected chi connectivity index (χ0v) is 13.5. The van der Waals surface area contributed by atoms with E-state index in [-0.39, 0.29) is 6.04 Å². The lowest BCUT2D eigenvalue weighted by atomic mass is 10.1. The standard InChI is InChI=1S/C14H21ClN2O2S/c1-11-13(15)7-5-8-14(11)20(18,19)17(2)10-12-6-3-4-9-16-12/h5,7-8,12,16H,3-4,6,9-10H2,1-2H3. The normalized spacial score (nSPS) is 20.3. The number of halogens is 1. The van der Waals surface area contributed by atoms with Crippen LogP contribution in [0.5, 0.6) is 0 Å². The highest BCUT2D eigenvalue weighted by molar-refractivity contribution is 7.89. The maximum Gasteiger partial charge on any atom is 0.243 e. The molecule has 0 radical (unpaired) electrons. The van der Waals surface area contributed by atoms with Crippen LogP contribution in [0.3, 0.4) is 0 Å². The molecule has 0 bridgehead atoms. The fourth-order valence-electron chi connectivity index (χ4n) is 2.52. The second-order valence-corrected chi connectivity index (χ2v) is 7.72. The summed E-state index contributed by atoms with van der Waals surface area (Å²) in [4.78, 5) is 0.295. The third-order valence-electron chi connectivity index (χ3n) is 3.80. The number of sulfonamides is 1. The van der Waals surface area contributed by atoms with Crippen LogP contribution in [0.4, 0.5) is 0 Å². The van der Waals surface area contributed by atoms with Gasteiger partial charge in [0, 0.05) is 24.7 Å². The van der Waals surface area contributed by atoms with Gasteiger partial charge in [0.15, 0.2) is 0 Å². The van der Waals surface area contributed by atoms with E-state index < -0.39 is 10.0 Å². The van der Waals surface area contributed by atoms with Crippen molar-refractivity contribution < 1.29 is 8.42 Å². The second kappa shape index (κ2) is 6.43. The Morgan fingerprint density at radius 2 is 2.15 bits per heavy atom. The van der Waals surface area contributed by atoms with Crippen molar-refractivity contribution in [2.24, 2.45) is 0 Å². The van der Waals surface area contributed by atoms with E-state index in [2.05, 4.69) is 5.32 Å². The first-order chi connectivity index (χ1) is 9.43. The zero-order chi connectivity index (χ0) is 14.8. The number of benzene rings is 1. The van der Waals surface area contributed by atoms with Gasteiger partial charge in [-0.2, -0.15) is 4.31 Å². The van der Waals surface area contributed by atoms with Crippen molar-refractivity contribution in [3.8, 4) is 0 Å². The third kappa shape index (κ3) is 3.34. The van der Waals surface area contributed by atoms with Gasteiger partial charge in [0.25, 0.3) is 0 Å². The molecule has 0 amide bonds. The molecule has 112 valence electrons. The summed E-state index contributed by atoms with van der Waals surface area (Å²) in [6.45, 7) is 3.20. The molecule has 1 fully saturated rings. The van der Waals surface area contributed by atoms with Gasteiger partial charge < -0.3 is 5.32 Å². The quantitative estimate of drug-likeness (QED) is 0.928. The lowest BCUT2D eigenvalue weighted by molar-refractivity contribution is 0.337. The number of hydrogen-bond acceptors (Lipinski definition) is 3. The fraction of sp³-hybridized carbons (Fsp3) is 0.571. The summed E-state index contributed by atoms with van der Waals surface area (Å²) in [5.74, 6) is 0. The van der Waals surface area contributed by atoms with Crippen LogP contribution in [0.2, 0.25) is 5.02 Å². The van der Waals surface area contributed by atoms with E-state index in [9.17, 15) is 8.42 Å². The highest BCUT2D eigenvalue weighted by Crippen LogP contribution is 2.25. The van der Waals surface area contributed by atoms with Crippen LogP contribution >= 0.6 is 11.6 Å². The molecule has 1 aromatic carbocycles. The lowest BCUT2D eigenvalue weighted by Crippen LogP contribution is -2.44. The van der Waals surface area contributed by atoms with Gasteiger partial charge in [0.05, 0.1) is 4.90 Å². The first-order valence-electron chi connectivity index (χ1n) is 6.88. The summed E-state index contributed by atoms with van der Waals surface area (Å²) in [6.07, 6.45) is 3.34. The van der Waals surface area contributed by atoms with Crippen molar-refractivity contribution in [2.75, 3.05) is 20.1 Å². The second-order valence-electron chi connectivity index (χ2n) is 5.30. The van der Waals surface area contributed by atoms with Gasteiger partial charge in [0.1, 0.15) is 0 Å². The summed E-state index contributed by atoms with van der Waals surface area (Å²) in [5, 5.41) is 3.85. The highest BCUT2D eigenvalue weighted by atomic mass is 35.5. The van der Waals surface area contributed by atoms with Crippen LogP contribution in [0.25, 0.3) is 0 Å². The minimum atomic E-state index is -3.48. The van der Waals surface area contributed by atoms with Crippen LogP contribution in [0.1, 0.15) is 24.8 Å². The van der Waals surface area contributed by atoms with Crippen molar-refractivity contribution in [3.05, 3.63) is 28.8 Å². The molecule has 1 aliphatic rings. The molecule has 0 spiro atoms. The Labute approximate surface area is 126 Å². The van der Waals surface area contributed by atoms with E-state index in [1.54, 1.807) is 32.2 Å². The van der Waals surface area contributed by atoms with Crippen molar-refractivity contribution in [1.29, 1.82) is 0 Å². The Balaban J connectivity index is 2.18. The minimum Gasteiger partial charge on any atom is -0.313 e. The number of likely N-dealkylation sites (N-methyl/N-ethyl adjacent to an activating group) is 1. The van der Waals surface area contributed by atoms with E-state index >= 15 is 0 Å².